The SMILES string of the molecule is COc1ccc(-c2nnc(CN3CCN(Cc4ccc5c(c4)OCO5)CC3)o2)cc1OC. The number of methoxy groups -OCH3 is 2. The summed E-state index contributed by atoms with van der Waals surface area (Å²) in [6.45, 7) is 5.68. The van der Waals surface area contributed by atoms with Crippen molar-refractivity contribution in [2.75, 3.05) is 47.2 Å². The van der Waals surface area contributed by atoms with Crippen molar-refractivity contribution in [3.8, 4) is 34.5 Å². The van der Waals surface area contributed by atoms with E-state index in [0.29, 0.717) is 36.6 Å². The standard InChI is InChI=1S/C23H26N4O5/c1-28-18-6-4-17(12-20(18)29-2)23-25-24-22(32-23)14-27-9-7-26(8-10-27)13-16-3-5-19-21(11-16)31-15-30-19/h3-6,11-12H,7-10,13-15H2,1-2H3. The largest absolute Gasteiger partial charge is 0.493 e. The van der Waals surface area contributed by atoms with Crippen LogP contribution in [0.2, 0.25) is 0 Å². The highest BCUT2D eigenvalue weighted by Gasteiger charge is 2.21. The van der Waals surface area contributed by atoms with Crippen LogP contribution in [0.1, 0.15) is 11.5 Å². The summed E-state index contributed by atoms with van der Waals surface area (Å²) in [7, 11) is 3.21. The molecule has 2 aliphatic rings. The van der Waals surface area contributed by atoms with Gasteiger partial charge in [-0.15, -0.1) is 10.2 Å². The van der Waals surface area contributed by atoms with E-state index < -0.39 is 0 Å². The average molecular weight is 438 g/mol. The van der Waals surface area contributed by atoms with E-state index in [0.717, 1.165) is 49.8 Å². The van der Waals surface area contributed by atoms with Crippen molar-refractivity contribution in [3.05, 3.63) is 47.9 Å². The lowest BCUT2D eigenvalue weighted by Gasteiger charge is -2.33. The van der Waals surface area contributed by atoms with Gasteiger partial charge in [-0.2, -0.15) is 0 Å². The van der Waals surface area contributed by atoms with E-state index >= 15 is 0 Å². The van der Waals surface area contributed by atoms with Crippen molar-refractivity contribution >= 4 is 0 Å². The molecule has 0 radical (unpaired) electrons. The summed E-state index contributed by atoms with van der Waals surface area (Å²) in [6, 6.07) is 11.7. The molecule has 1 fully saturated rings. The van der Waals surface area contributed by atoms with Gasteiger partial charge in [-0.25, -0.2) is 0 Å². The van der Waals surface area contributed by atoms with Crippen LogP contribution in [-0.4, -0.2) is 67.2 Å². The number of benzene rings is 2. The van der Waals surface area contributed by atoms with E-state index in [9.17, 15) is 0 Å². The van der Waals surface area contributed by atoms with E-state index in [1.807, 2.05) is 24.3 Å². The van der Waals surface area contributed by atoms with E-state index in [1.165, 1.54) is 5.56 Å². The minimum absolute atomic E-state index is 0.306. The van der Waals surface area contributed by atoms with Crippen molar-refractivity contribution in [2.45, 2.75) is 13.1 Å². The van der Waals surface area contributed by atoms with Crippen molar-refractivity contribution < 1.29 is 23.4 Å². The second-order valence-electron chi connectivity index (χ2n) is 7.81. The van der Waals surface area contributed by atoms with Crippen molar-refractivity contribution in [1.29, 1.82) is 0 Å². The van der Waals surface area contributed by atoms with Crippen LogP contribution >= 0.6 is 0 Å². The normalized spacial score (nSPS) is 16.3. The molecule has 9 heteroatoms. The van der Waals surface area contributed by atoms with Crippen molar-refractivity contribution in [3.63, 3.8) is 0 Å². The van der Waals surface area contributed by atoms with E-state index in [4.69, 9.17) is 23.4 Å². The third kappa shape index (κ3) is 4.35. The first kappa shape index (κ1) is 20.6. The highest BCUT2D eigenvalue weighted by molar-refractivity contribution is 5.59. The maximum atomic E-state index is 5.91. The molecule has 0 saturated carbocycles. The van der Waals surface area contributed by atoms with Crippen LogP contribution in [0, 0.1) is 0 Å². The first-order valence-electron chi connectivity index (χ1n) is 10.6. The molecule has 1 aromatic heterocycles. The van der Waals surface area contributed by atoms with Crippen molar-refractivity contribution in [1.82, 2.24) is 20.0 Å². The zero-order chi connectivity index (χ0) is 21.9. The minimum atomic E-state index is 0.306. The molecular weight excluding hydrogens is 412 g/mol. The summed E-state index contributed by atoms with van der Waals surface area (Å²) in [5.41, 5.74) is 2.04. The molecule has 0 N–H and O–H groups in total. The molecule has 1 saturated heterocycles. The lowest BCUT2D eigenvalue weighted by molar-refractivity contribution is 0.114. The van der Waals surface area contributed by atoms with Gasteiger partial charge in [-0.3, -0.25) is 9.80 Å². The summed E-state index contributed by atoms with van der Waals surface area (Å²) in [4.78, 5) is 4.78. The Kier molecular flexibility index (Phi) is 5.83. The zero-order valence-corrected chi connectivity index (χ0v) is 18.2. The fraction of sp³-hybridized carbons (Fsp3) is 0.391. The van der Waals surface area contributed by atoms with Gasteiger partial charge < -0.3 is 23.4 Å². The number of rotatable bonds is 7. The number of nitrogens with zero attached hydrogens (tertiary/aromatic N) is 4. The molecule has 9 nitrogen and oxygen atoms in total. The Balaban J connectivity index is 1.15. The molecule has 0 bridgehead atoms. The molecule has 0 atom stereocenters. The summed E-state index contributed by atoms with van der Waals surface area (Å²) < 4.78 is 27.4. The third-order valence-electron chi connectivity index (χ3n) is 5.76. The van der Waals surface area contributed by atoms with Crippen LogP contribution in [0.25, 0.3) is 11.5 Å². The van der Waals surface area contributed by atoms with Gasteiger partial charge >= 0.3 is 0 Å². The predicted octanol–water partition coefficient (Wildman–Crippen LogP) is 2.80. The molecule has 32 heavy (non-hydrogen) atoms. The Morgan fingerprint density at radius 3 is 2.34 bits per heavy atom. The van der Waals surface area contributed by atoms with Gasteiger partial charge in [0.05, 0.1) is 20.8 Å². The lowest BCUT2D eigenvalue weighted by Crippen LogP contribution is -2.45. The highest BCUT2D eigenvalue weighted by Crippen LogP contribution is 2.33. The van der Waals surface area contributed by atoms with Gasteiger partial charge in [0, 0.05) is 38.3 Å². The average Bonchev–Trinajstić information content (AvgIpc) is 3.49. The monoisotopic (exact) mass is 438 g/mol. The third-order valence-corrected chi connectivity index (χ3v) is 5.76. The smallest absolute Gasteiger partial charge is 0.247 e. The lowest BCUT2D eigenvalue weighted by atomic mass is 10.1. The van der Waals surface area contributed by atoms with E-state index in [-0.39, 0.29) is 0 Å². The van der Waals surface area contributed by atoms with Gasteiger partial charge in [-0.05, 0) is 35.9 Å². The molecule has 0 aliphatic carbocycles. The predicted molar refractivity (Wildman–Crippen MR) is 116 cm³/mol. The molecular formula is C23H26N4O5. The number of hydrogen-bond donors (Lipinski definition) is 0. The summed E-state index contributed by atoms with van der Waals surface area (Å²) in [5.74, 6) is 4.03. The van der Waals surface area contributed by atoms with Gasteiger partial charge in [0.1, 0.15) is 0 Å². The second kappa shape index (κ2) is 9.05. The fourth-order valence-electron chi connectivity index (χ4n) is 4.00. The fourth-order valence-corrected chi connectivity index (χ4v) is 4.00. The first-order valence-corrected chi connectivity index (χ1v) is 10.6. The molecule has 0 spiro atoms. The van der Waals surface area contributed by atoms with Crippen molar-refractivity contribution in [2.24, 2.45) is 0 Å². The highest BCUT2D eigenvalue weighted by atomic mass is 16.7. The molecule has 2 aromatic carbocycles. The van der Waals surface area contributed by atoms with Crippen LogP contribution in [0.3, 0.4) is 0 Å². The Morgan fingerprint density at radius 2 is 1.56 bits per heavy atom. The topological polar surface area (TPSA) is 82.3 Å². The molecule has 3 heterocycles. The number of hydrogen-bond acceptors (Lipinski definition) is 9. The molecule has 3 aromatic rings. The number of ether oxygens (including phenoxy) is 4. The molecule has 0 amide bonds. The second-order valence-corrected chi connectivity index (χ2v) is 7.81. The molecule has 2 aliphatic heterocycles. The van der Waals surface area contributed by atoms with Crippen LogP contribution < -0.4 is 18.9 Å². The maximum absolute atomic E-state index is 5.91. The Hall–Kier alpha value is -3.30. The van der Waals surface area contributed by atoms with E-state index in [2.05, 4.69) is 32.1 Å². The number of piperazine rings is 1. The Labute approximate surface area is 186 Å². The summed E-state index contributed by atoms with van der Waals surface area (Å²) >= 11 is 0. The maximum Gasteiger partial charge on any atom is 0.247 e. The molecule has 0 unspecified atom stereocenters. The van der Waals surface area contributed by atoms with Crippen LogP contribution in [0.5, 0.6) is 23.0 Å². The van der Waals surface area contributed by atoms with Crippen LogP contribution in [0.4, 0.5) is 0 Å². The molecule has 168 valence electrons. The Morgan fingerprint density at radius 1 is 0.812 bits per heavy atom. The van der Waals surface area contributed by atoms with Gasteiger partial charge in [0.15, 0.2) is 23.0 Å². The van der Waals surface area contributed by atoms with Gasteiger partial charge in [0.25, 0.3) is 0 Å². The van der Waals surface area contributed by atoms with Crippen LogP contribution in [-0.2, 0) is 13.1 Å². The summed E-state index contributed by atoms with van der Waals surface area (Å²) in [5, 5.41) is 8.44. The van der Waals surface area contributed by atoms with Gasteiger partial charge in [0.2, 0.25) is 18.6 Å². The minimum Gasteiger partial charge on any atom is -0.493 e. The first-order chi connectivity index (χ1) is 15.7. The van der Waals surface area contributed by atoms with Crippen LogP contribution in [0.15, 0.2) is 40.8 Å². The number of fused-ring (bicyclic) bond motifs is 1. The van der Waals surface area contributed by atoms with E-state index in [1.54, 1.807) is 14.2 Å². The zero-order valence-electron chi connectivity index (χ0n) is 18.2. The van der Waals surface area contributed by atoms with Gasteiger partial charge in [-0.1, -0.05) is 6.07 Å². The molecule has 5 rings (SSSR count). The Bertz CT molecular complexity index is 1080. The number of aromatic nitrogens is 2. The summed E-state index contributed by atoms with van der Waals surface area (Å²) in [6.07, 6.45) is 0. The quantitative estimate of drug-likeness (QED) is 0.553.